The molecule has 3 aromatic rings. The smallest absolute Gasteiger partial charge is 0.291 e. The van der Waals surface area contributed by atoms with Crippen molar-refractivity contribution in [1.82, 2.24) is 4.31 Å². The standard InChI is InChI=1S/C22H25ClN2O5S/c1-5-25(6-2)31(27,28)20-13-16(9-11-19(20)29-7-3)24-22(26)21-14(4)17-12-15(23)8-10-18(17)30-21/h8-13H,5-7H2,1-4H3,(H,24,26). The monoisotopic (exact) mass is 464 g/mol. The molecule has 1 aromatic heterocycles. The quantitative estimate of drug-likeness (QED) is 0.502. The largest absolute Gasteiger partial charge is 0.492 e. The normalized spacial score (nSPS) is 11.8. The van der Waals surface area contributed by atoms with Crippen molar-refractivity contribution in [3.8, 4) is 5.75 Å². The lowest BCUT2D eigenvalue weighted by Gasteiger charge is -2.21. The Labute approximate surface area is 187 Å². The van der Waals surface area contributed by atoms with Crippen LogP contribution >= 0.6 is 11.6 Å². The first kappa shape index (κ1) is 23.1. The summed E-state index contributed by atoms with van der Waals surface area (Å²) in [6.07, 6.45) is 0. The molecule has 0 atom stereocenters. The molecule has 166 valence electrons. The van der Waals surface area contributed by atoms with E-state index in [0.717, 1.165) is 5.39 Å². The average Bonchev–Trinajstić information content (AvgIpc) is 3.06. The van der Waals surface area contributed by atoms with Gasteiger partial charge >= 0.3 is 0 Å². The summed E-state index contributed by atoms with van der Waals surface area (Å²) < 4.78 is 38.8. The van der Waals surface area contributed by atoms with Crippen molar-refractivity contribution >= 4 is 44.2 Å². The lowest BCUT2D eigenvalue weighted by Crippen LogP contribution is -2.31. The number of furan rings is 1. The number of halogens is 1. The molecule has 0 aliphatic carbocycles. The van der Waals surface area contributed by atoms with Gasteiger partial charge in [-0.25, -0.2) is 8.42 Å². The molecular weight excluding hydrogens is 440 g/mol. The van der Waals surface area contributed by atoms with Gasteiger partial charge in [-0.3, -0.25) is 4.79 Å². The Balaban J connectivity index is 1.99. The maximum atomic E-state index is 13.1. The topological polar surface area (TPSA) is 88.8 Å². The van der Waals surface area contributed by atoms with Crippen molar-refractivity contribution in [2.24, 2.45) is 0 Å². The number of anilines is 1. The minimum absolute atomic E-state index is 0.00367. The third-order valence-electron chi connectivity index (χ3n) is 4.93. The Morgan fingerprint density at radius 2 is 1.84 bits per heavy atom. The SMILES string of the molecule is CCOc1ccc(NC(=O)c2oc3ccc(Cl)cc3c2C)cc1S(=O)(=O)N(CC)CC. The number of nitrogens with zero attached hydrogens (tertiary/aromatic N) is 1. The molecule has 2 aromatic carbocycles. The van der Waals surface area contributed by atoms with E-state index in [0.29, 0.717) is 41.6 Å². The summed E-state index contributed by atoms with van der Waals surface area (Å²) >= 11 is 6.04. The number of aryl methyl sites for hydroxylation is 1. The maximum absolute atomic E-state index is 13.1. The zero-order valence-electron chi connectivity index (χ0n) is 17.9. The molecular formula is C22H25ClN2O5S. The van der Waals surface area contributed by atoms with Gasteiger partial charge in [0.2, 0.25) is 10.0 Å². The molecule has 9 heteroatoms. The number of fused-ring (bicyclic) bond motifs is 1. The molecule has 0 spiro atoms. The Hall–Kier alpha value is -2.55. The fourth-order valence-electron chi connectivity index (χ4n) is 3.36. The maximum Gasteiger partial charge on any atom is 0.291 e. The summed E-state index contributed by atoms with van der Waals surface area (Å²) in [6, 6.07) is 9.67. The first-order valence-electron chi connectivity index (χ1n) is 9.99. The molecule has 7 nitrogen and oxygen atoms in total. The van der Waals surface area contributed by atoms with Gasteiger partial charge in [-0.05, 0) is 50.2 Å². The highest BCUT2D eigenvalue weighted by Crippen LogP contribution is 2.32. The van der Waals surface area contributed by atoms with Crippen LogP contribution in [0.4, 0.5) is 5.69 Å². The fraction of sp³-hybridized carbons (Fsp3) is 0.318. The lowest BCUT2D eigenvalue weighted by molar-refractivity contribution is 0.0998. The van der Waals surface area contributed by atoms with Crippen LogP contribution < -0.4 is 10.1 Å². The minimum Gasteiger partial charge on any atom is -0.492 e. The van der Waals surface area contributed by atoms with E-state index in [4.69, 9.17) is 20.8 Å². The Morgan fingerprint density at radius 3 is 2.48 bits per heavy atom. The van der Waals surface area contributed by atoms with Crippen LogP contribution in [0.1, 0.15) is 36.9 Å². The predicted molar refractivity (Wildman–Crippen MR) is 122 cm³/mol. The summed E-state index contributed by atoms with van der Waals surface area (Å²) in [5.74, 6) is -0.110. The van der Waals surface area contributed by atoms with Crippen molar-refractivity contribution in [3.05, 3.63) is 52.7 Å². The summed E-state index contributed by atoms with van der Waals surface area (Å²) in [4.78, 5) is 12.9. The van der Waals surface area contributed by atoms with Gasteiger partial charge in [0.05, 0.1) is 6.61 Å². The van der Waals surface area contributed by atoms with Crippen molar-refractivity contribution in [2.45, 2.75) is 32.6 Å². The number of rotatable bonds is 8. The summed E-state index contributed by atoms with van der Waals surface area (Å²) in [5.41, 5.74) is 1.51. The molecule has 1 amide bonds. The zero-order valence-corrected chi connectivity index (χ0v) is 19.4. The van der Waals surface area contributed by atoms with Gasteiger partial charge in [0.15, 0.2) is 5.76 Å². The predicted octanol–water partition coefficient (Wildman–Crippen LogP) is 5.08. The second kappa shape index (κ2) is 9.30. The van der Waals surface area contributed by atoms with Gasteiger partial charge in [-0.1, -0.05) is 25.4 Å². The van der Waals surface area contributed by atoms with E-state index in [1.165, 1.54) is 10.4 Å². The van der Waals surface area contributed by atoms with E-state index < -0.39 is 15.9 Å². The van der Waals surface area contributed by atoms with E-state index in [9.17, 15) is 13.2 Å². The molecule has 1 N–H and O–H groups in total. The molecule has 1 heterocycles. The Kier molecular flexibility index (Phi) is 6.93. The number of hydrogen-bond acceptors (Lipinski definition) is 5. The number of amides is 1. The molecule has 0 saturated heterocycles. The number of benzene rings is 2. The number of hydrogen-bond donors (Lipinski definition) is 1. The van der Waals surface area contributed by atoms with E-state index >= 15 is 0 Å². The van der Waals surface area contributed by atoms with Gasteiger partial charge in [0.1, 0.15) is 16.2 Å². The van der Waals surface area contributed by atoms with Crippen LogP contribution in [0, 0.1) is 6.92 Å². The second-order valence-electron chi connectivity index (χ2n) is 6.83. The van der Waals surface area contributed by atoms with Crippen molar-refractivity contribution < 1.29 is 22.4 Å². The van der Waals surface area contributed by atoms with Crippen LogP contribution in [0.5, 0.6) is 5.75 Å². The highest BCUT2D eigenvalue weighted by molar-refractivity contribution is 7.89. The fourth-order valence-corrected chi connectivity index (χ4v) is 5.15. The van der Waals surface area contributed by atoms with Crippen molar-refractivity contribution in [3.63, 3.8) is 0 Å². The van der Waals surface area contributed by atoms with Crippen LogP contribution in [-0.2, 0) is 10.0 Å². The zero-order chi connectivity index (χ0) is 22.8. The van der Waals surface area contributed by atoms with E-state index in [2.05, 4.69) is 5.32 Å². The Morgan fingerprint density at radius 1 is 1.13 bits per heavy atom. The van der Waals surface area contributed by atoms with Gasteiger partial charge < -0.3 is 14.5 Å². The van der Waals surface area contributed by atoms with E-state index in [1.54, 1.807) is 58.0 Å². The van der Waals surface area contributed by atoms with Gasteiger partial charge in [-0.2, -0.15) is 4.31 Å². The molecule has 0 aliphatic rings. The van der Waals surface area contributed by atoms with Crippen LogP contribution in [0.15, 0.2) is 45.7 Å². The number of sulfonamides is 1. The van der Waals surface area contributed by atoms with Crippen LogP contribution in [0.2, 0.25) is 5.02 Å². The van der Waals surface area contributed by atoms with E-state index in [-0.39, 0.29) is 16.4 Å². The minimum atomic E-state index is -3.79. The third kappa shape index (κ3) is 4.56. The van der Waals surface area contributed by atoms with Gasteiger partial charge in [0.25, 0.3) is 5.91 Å². The molecule has 0 unspecified atom stereocenters. The number of ether oxygens (including phenoxy) is 1. The molecule has 0 fully saturated rings. The highest BCUT2D eigenvalue weighted by Gasteiger charge is 2.27. The number of carbonyl (C=O) groups excluding carboxylic acids is 1. The third-order valence-corrected chi connectivity index (χ3v) is 7.24. The van der Waals surface area contributed by atoms with Crippen LogP contribution in [0.25, 0.3) is 11.0 Å². The molecule has 0 aliphatic heterocycles. The summed E-state index contributed by atoms with van der Waals surface area (Å²) in [5, 5.41) is 4.01. The van der Waals surface area contributed by atoms with Gasteiger partial charge in [0, 0.05) is 34.7 Å². The molecule has 3 rings (SSSR count). The van der Waals surface area contributed by atoms with Gasteiger partial charge in [-0.15, -0.1) is 0 Å². The van der Waals surface area contributed by atoms with E-state index in [1.807, 2.05) is 0 Å². The lowest BCUT2D eigenvalue weighted by atomic mass is 10.1. The average molecular weight is 465 g/mol. The number of carbonyl (C=O) groups is 1. The van der Waals surface area contributed by atoms with Crippen LogP contribution in [-0.4, -0.2) is 38.3 Å². The van der Waals surface area contributed by atoms with Crippen molar-refractivity contribution in [1.29, 1.82) is 0 Å². The van der Waals surface area contributed by atoms with Crippen molar-refractivity contribution in [2.75, 3.05) is 25.0 Å². The highest BCUT2D eigenvalue weighted by atomic mass is 35.5. The first-order valence-corrected chi connectivity index (χ1v) is 11.8. The molecule has 0 bridgehead atoms. The molecule has 31 heavy (non-hydrogen) atoms. The second-order valence-corrected chi connectivity index (χ2v) is 9.18. The summed E-state index contributed by atoms with van der Waals surface area (Å²) in [7, 11) is -3.79. The molecule has 0 radical (unpaired) electrons. The van der Waals surface area contributed by atoms with Crippen LogP contribution in [0.3, 0.4) is 0 Å². The Bertz CT molecular complexity index is 1220. The summed E-state index contributed by atoms with van der Waals surface area (Å²) in [6.45, 7) is 8.04. The molecule has 0 saturated carbocycles. The number of nitrogens with one attached hydrogen (secondary N) is 1. The first-order chi connectivity index (χ1) is 14.7.